The van der Waals surface area contributed by atoms with Crippen LogP contribution in [0.15, 0.2) is 0 Å². The van der Waals surface area contributed by atoms with E-state index in [1.807, 2.05) is 0 Å². The number of nitrogens with zero attached hydrogens (tertiary/aromatic N) is 1. The molecule has 2 atom stereocenters. The van der Waals surface area contributed by atoms with Crippen LogP contribution in [-0.4, -0.2) is 29.4 Å². The van der Waals surface area contributed by atoms with Crippen LogP contribution in [0.3, 0.4) is 0 Å². The summed E-state index contributed by atoms with van der Waals surface area (Å²) in [6.45, 7) is 1.19. The molecule has 0 N–H and O–H groups in total. The van der Waals surface area contributed by atoms with Gasteiger partial charge in [0.1, 0.15) is 0 Å². The molecular weight excluding hydrogens is 174 g/mol. The molecule has 0 amide bonds. The lowest BCUT2D eigenvalue weighted by atomic mass is 9.86. The number of hydrogen-bond donors (Lipinski definition) is 0. The Morgan fingerprint density at radius 2 is 2.50 bits per heavy atom. The van der Waals surface area contributed by atoms with E-state index in [2.05, 4.69) is 6.07 Å². The molecule has 4 heteroatoms. The van der Waals surface area contributed by atoms with Crippen LogP contribution in [0.4, 0.5) is 0 Å². The molecule has 1 rings (SSSR count). The van der Waals surface area contributed by atoms with Gasteiger partial charge >= 0.3 is 0 Å². The van der Waals surface area contributed by atoms with Crippen molar-refractivity contribution >= 4 is 10.8 Å². The zero-order chi connectivity index (χ0) is 9.03. The van der Waals surface area contributed by atoms with Gasteiger partial charge in [0, 0.05) is 29.4 Å². The second-order valence-electron chi connectivity index (χ2n) is 3.22. The monoisotopic (exact) mass is 187 g/mol. The number of nitriles is 1. The van der Waals surface area contributed by atoms with Gasteiger partial charge in [0.25, 0.3) is 0 Å². The standard InChI is InChI=1S/C8H13NO2S/c1-12(10)5-3-8(6-9)2-4-11-7-8/h2-5,7H2,1H3. The van der Waals surface area contributed by atoms with Crippen molar-refractivity contribution < 1.29 is 8.95 Å². The lowest BCUT2D eigenvalue weighted by Crippen LogP contribution is -2.21. The lowest BCUT2D eigenvalue weighted by Gasteiger charge is -2.16. The molecular formula is C8H13NO2S. The predicted molar refractivity (Wildman–Crippen MR) is 47.0 cm³/mol. The predicted octanol–water partition coefficient (Wildman–Crippen LogP) is 0.685. The maximum absolute atomic E-state index is 10.8. The van der Waals surface area contributed by atoms with Gasteiger partial charge in [0.05, 0.1) is 18.1 Å². The fourth-order valence-corrected chi connectivity index (χ4v) is 1.97. The largest absolute Gasteiger partial charge is 0.380 e. The molecule has 0 aromatic heterocycles. The van der Waals surface area contributed by atoms with Gasteiger partial charge in [-0.05, 0) is 12.8 Å². The minimum atomic E-state index is -0.796. The second kappa shape index (κ2) is 4.01. The highest BCUT2D eigenvalue weighted by atomic mass is 32.2. The summed E-state index contributed by atoms with van der Waals surface area (Å²) in [4.78, 5) is 0. The van der Waals surface area contributed by atoms with Crippen LogP contribution in [0.1, 0.15) is 12.8 Å². The Bertz CT molecular complexity index is 216. The summed E-state index contributed by atoms with van der Waals surface area (Å²) in [7, 11) is -0.796. The molecule has 0 spiro atoms. The van der Waals surface area contributed by atoms with Gasteiger partial charge in [0.2, 0.25) is 0 Å². The van der Waals surface area contributed by atoms with E-state index in [9.17, 15) is 4.21 Å². The van der Waals surface area contributed by atoms with Crippen LogP contribution in [-0.2, 0) is 15.5 Å². The number of hydrogen-bond acceptors (Lipinski definition) is 3. The van der Waals surface area contributed by atoms with Gasteiger partial charge < -0.3 is 4.74 Å². The third kappa shape index (κ3) is 2.29. The molecule has 0 aromatic carbocycles. The Balaban J connectivity index is 2.46. The smallest absolute Gasteiger partial charge is 0.0837 e. The molecule has 3 nitrogen and oxygen atoms in total. The first-order chi connectivity index (χ1) is 5.68. The van der Waals surface area contributed by atoms with Crippen molar-refractivity contribution in [1.82, 2.24) is 0 Å². The van der Waals surface area contributed by atoms with Crippen molar-refractivity contribution in [2.75, 3.05) is 25.2 Å². The lowest BCUT2D eigenvalue weighted by molar-refractivity contribution is 0.171. The van der Waals surface area contributed by atoms with E-state index in [1.165, 1.54) is 0 Å². The summed E-state index contributed by atoms with van der Waals surface area (Å²) in [5.41, 5.74) is -0.342. The third-order valence-electron chi connectivity index (χ3n) is 2.21. The third-order valence-corrected chi connectivity index (χ3v) is 2.99. The Labute approximate surface area is 75.2 Å². The van der Waals surface area contributed by atoms with Gasteiger partial charge in [0.15, 0.2) is 0 Å². The molecule has 1 aliphatic rings. The van der Waals surface area contributed by atoms with Crippen LogP contribution in [0.25, 0.3) is 0 Å². The molecule has 1 aliphatic heterocycles. The first-order valence-electron chi connectivity index (χ1n) is 3.98. The van der Waals surface area contributed by atoms with E-state index in [0.717, 1.165) is 6.42 Å². The second-order valence-corrected chi connectivity index (χ2v) is 4.78. The average molecular weight is 187 g/mol. The van der Waals surface area contributed by atoms with E-state index in [4.69, 9.17) is 10.00 Å². The van der Waals surface area contributed by atoms with Crippen LogP contribution in [0.5, 0.6) is 0 Å². The Kier molecular flexibility index (Phi) is 3.24. The molecule has 0 radical (unpaired) electrons. The first-order valence-corrected chi connectivity index (χ1v) is 5.70. The molecule has 68 valence electrons. The Morgan fingerprint density at radius 3 is 2.92 bits per heavy atom. The average Bonchev–Trinajstić information content (AvgIpc) is 2.50. The normalized spacial score (nSPS) is 31.3. The van der Waals surface area contributed by atoms with Crippen LogP contribution in [0, 0.1) is 16.7 Å². The quantitative estimate of drug-likeness (QED) is 0.653. The molecule has 0 bridgehead atoms. The van der Waals surface area contributed by atoms with Gasteiger partial charge in [-0.25, -0.2) is 0 Å². The van der Waals surface area contributed by atoms with E-state index < -0.39 is 10.8 Å². The zero-order valence-corrected chi connectivity index (χ0v) is 8.02. The maximum Gasteiger partial charge on any atom is 0.0837 e. The van der Waals surface area contributed by atoms with Gasteiger partial charge in [-0.1, -0.05) is 0 Å². The Morgan fingerprint density at radius 1 is 1.75 bits per heavy atom. The van der Waals surface area contributed by atoms with Crippen molar-refractivity contribution in [1.29, 1.82) is 5.26 Å². The number of rotatable bonds is 3. The topological polar surface area (TPSA) is 50.1 Å². The summed E-state index contributed by atoms with van der Waals surface area (Å²) in [6, 6.07) is 2.27. The maximum atomic E-state index is 10.8. The van der Waals surface area contributed by atoms with Crippen molar-refractivity contribution in [2.24, 2.45) is 5.41 Å². The number of ether oxygens (including phenoxy) is 1. The summed E-state index contributed by atoms with van der Waals surface area (Å²) < 4.78 is 16.0. The van der Waals surface area contributed by atoms with Crippen molar-refractivity contribution in [3.63, 3.8) is 0 Å². The molecule has 1 heterocycles. The van der Waals surface area contributed by atoms with Gasteiger partial charge in [-0.15, -0.1) is 0 Å². The fraction of sp³-hybridized carbons (Fsp3) is 0.875. The molecule has 1 fully saturated rings. The minimum Gasteiger partial charge on any atom is -0.380 e. The summed E-state index contributed by atoms with van der Waals surface area (Å²) in [6.07, 6.45) is 3.16. The van der Waals surface area contributed by atoms with E-state index in [-0.39, 0.29) is 5.41 Å². The van der Waals surface area contributed by atoms with Crippen LogP contribution >= 0.6 is 0 Å². The zero-order valence-electron chi connectivity index (χ0n) is 7.21. The van der Waals surface area contributed by atoms with E-state index in [1.54, 1.807) is 6.26 Å². The highest BCUT2D eigenvalue weighted by Gasteiger charge is 2.34. The van der Waals surface area contributed by atoms with E-state index in [0.29, 0.717) is 25.4 Å². The van der Waals surface area contributed by atoms with Crippen molar-refractivity contribution in [3.8, 4) is 6.07 Å². The highest BCUT2D eigenvalue weighted by molar-refractivity contribution is 7.84. The molecule has 1 saturated heterocycles. The van der Waals surface area contributed by atoms with Crippen molar-refractivity contribution in [2.45, 2.75) is 12.8 Å². The Hall–Kier alpha value is -0.400. The molecule has 0 aliphatic carbocycles. The molecule has 2 unspecified atom stereocenters. The SMILES string of the molecule is CS(=O)CCC1(C#N)CCOC1. The minimum absolute atomic E-state index is 0.342. The molecule has 12 heavy (non-hydrogen) atoms. The first kappa shape index (κ1) is 9.69. The van der Waals surface area contributed by atoms with Crippen LogP contribution in [0.2, 0.25) is 0 Å². The van der Waals surface area contributed by atoms with E-state index >= 15 is 0 Å². The highest BCUT2D eigenvalue weighted by Crippen LogP contribution is 2.31. The summed E-state index contributed by atoms with van der Waals surface area (Å²) in [5, 5.41) is 8.90. The molecule has 0 saturated carbocycles. The van der Waals surface area contributed by atoms with Crippen molar-refractivity contribution in [3.05, 3.63) is 0 Å². The van der Waals surface area contributed by atoms with Gasteiger partial charge in [-0.2, -0.15) is 5.26 Å². The summed E-state index contributed by atoms with van der Waals surface area (Å²) in [5.74, 6) is 0.608. The molecule has 0 aromatic rings. The fourth-order valence-electron chi connectivity index (χ4n) is 1.29. The summed E-state index contributed by atoms with van der Waals surface area (Å²) >= 11 is 0. The van der Waals surface area contributed by atoms with Gasteiger partial charge in [-0.3, -0.25) is 4.21 Å². The van der Waals surface area contributed by atoms with Crippen LogP contribution < -0.4 is 0 Å².